The van der Waals surface area contributed by atoms with E-state index in [1.165, 1.54) is 16.2 Å². The monoisotopic (exact) mass is 200 g/mol. The van der Waals surface area contributed by atoms with Crippen LogP contribution in [0.2, 0.25) is 0 Å². The topological polar surface area (TPSA) is 20.2 Å². The zero-order valence-corrected chi connectivity index (χ0v) is 8.14. The van der Waals surface area contributed by atoms with Gasteiger partial charge in [0.25, 0.3) is 0 Å². The predicted octanol–water partition coefficient (Wildman–Crippen LogP) is 3.70. The van der Waals surface area contributed by atoms with E-state index in [0.29, 0.717) is 5.75 Å². The molecule has 0 atom stereocenters. The molecule has 3 aromatic carbocycles. The van der Waals surface area contributed by atoms with E-state index in [-0.39, 0.29) is 0 Å². The summed E-state index contributed by atoms with van der Waals surface area (Å²) >= 11 is 0. The average Bonchev–Trinajstić information content (AvgIpc) is 2.28. The molecule has 0 fully saturated rings. The zero-order chi connectivity index (χ0) is 10.3. The molecule has 0 aliphatic rings. The Morgan fingerprint density at radius 1 is 0.667 bits per heavy atom. The van der Waals surface area contributed by atoms with Gasteiger partial charge in [-0.2, -0.15) is 0 Å². The minimum absolute atomic E-state index is 0.317. The van der Waals surface area contributed by atoms with Gasteiger partial charge in [0.05, 0.1) is 0 Å². The maximum atomic E-state index is 9.40. The van der Waals surface area contributed by atoms with Crippen LogP contribution in [0.1, 0.15) is 0 Å². The van der Waals surface area contributed by atoms with Crippen LogP contribution in [0.5, 0.6) is 5.75 Å². The van der Waals surface area contributed by atoms with Gasteiger partial charge >= 0.3 is 0 Å². The van der Waals surface area contributed by atoms with Gasteiger partial charge in [-0.1, -0.05) is 42.5 Å². The summed E-state index contributed by atoms with van der Waals surface area (Å²) in [5.74, 6) is 0.317. The van der Waals surface area contributed by atoms with Crippen LogP contribution in [0, 0.1) is 0 Å². The first-order chi connectivity index (χ1) is 7.34. The summed E-state index contributed by atoms with van der Waals surface area (Å²) in [4.78, 5) is 0. The van der Waals surface area contributed by atoms with Crippen molar-refractivity contribution >= 4 is 21.5 Å². The fourth-order valence-electron chi connectivity index (χ4n) is 2.00. The lowest BCUT2D eigenvalue weighted by Gasteiger charge is -2.03. The zero-order valence-electron chi connectivity index (χ0n) is 8.14. The van der Waals surface area contributed by atoms with Crippen LogP contribution in [0.15, 0.2) is 54.6 Å². The summed E-state index contributed by atoms with van der Waals surface area (Å²) in [5, 5.41) is 14.1. The van der Waals surface area contributed by atoms with E-state index in [2.05, 4.69) is 18.2 Å². The van der Waals surface area contributed by atoms with Crippen LogP contribution in [0.3, 0.4) is 0 Å². The molecule has 0 radical (unpaired) electrons. The van der Waals surface area contributed by atoms with Crippen molar-refractivity contribution in [3.8, 4) is 5.75 Å². The molecule has 3 rings (SSSR count). The number of phenolic OH excluding ortho intramolecular Hbond substituents is 1. The third-order valence-corrected chi connectivity index (χ3v) is 2.73. The number of rotatable bonds is 0. The van der Waals surface area contributed by atoms with Gasteiger partial charge in [-0.15, -0.1) is 0 Å². The van der Waals surface area contributed by atoms with Crippen molar-refractivity contribution in [1.29, 1.82) is 0 Å². The molecule has 3 aromatic rings. The molecular formula is C14H10O. The van der Waals surface area contributed by atoms with Gasteiger partial charge in [0, 0.05) is 0 Å². The molecule has 72 valence electrons. The molecule has 0 heterocycles. The van der Waals surface area contributed by atoms with Crippen molar-refractivity contribution in [2.24, 2.45) is 0 Å². The standard InChI is InChI=1S/C14H10O/c15-12-7-8-14-11(9-12)6-5-10-3-1-2-4-13(10)14/h1-9,15H/i1+1,2+1,3+1,4+1,10+1,13+1. The summed E-state index contributed by atoms with van der Waals surface area (Å²) < 4.78 is 0. The second kappa shape index (κ2) is 2.99. The molecule has 0 unspecified atom stereocenters. The van der Waals surface area contributed by atoms with E-state index in [1.54, 1.807) is 12.1 Å². The smallest absolute Gasteiger partial charge is 0.116 e. The van der Waals surface area contributed by atoms with Crippen LogP contribution in [-0.4, -0.2) is 5.11 Å². The van der Waals surface area contributed by atoms with Crippen molar-refractivity contribution in [1.82, 2.24) is 0 Å². The van der Waals surface area contributed by atoms with E-state index in [4.69, 9.17) is 0 Å². The Hall–Kier alpha value is -2.02. The molecule has 0 aromatic heterocycles. The Kier molecular flexibility index (Phi) is 1.65. The van der Waals surface area contributed by atoms with Crippen LogP contribution in [0.4, 0.5) is 0 Å². The van der Waals surface area contributed by atoms with Gasteiger partial charge < -0.3 is 5.11 Å². The number of aromatic hydroxyl groups is 1. The SMILES string of the molecule is Oc1ccc2c(cc[13c]3[13cH][13cH][13cH][13cH][13c]23)c1. The molecule has 0 amide bonds. The summed E-state index contributed by atoms with van der Waals surface area (Å²) in [7, 11) is 0. The largest absolute Gasteiger partial charge is 0.508 e. The van der Waals surface area contributed by atoms with E-state index < -0.39 is 0 Å². The maximum Gasteiger partial charge on any atom is 0.116 e. The normalized spacial score (nSPS) is 10.9. The molecular weight excluding hydrogens is 190 g/mol. The van der Waals surface area contributed by atoms with E-state index in [0.717, 1.165) is 5.39 Å². The van der Waals surface area contributed by atoms with Crippen molar-refractivity contribution < 1.29 is 5.11 Å². The van der Waals surface area contributed by atoms with Gasteiger partial charge in [-0.25, -0.2) is 0 Å². The quantitative estimate of drug-likeness (QED) is 0.548. The van der Waals surface area contributed by atoms with E-state index in [1.807, 2.05) is 24.3 Å². The molecule has 0 bridgehead atoms. The first-order valence-electron chi connectivity index (χ1n) is 4.95. The molecule has 1 nitrogen and oxygen atoms in total. The second-order valence-corrected chi connectivity index (χ2v) is 3.69. The minimum Gasteiger partial charge on any atom is -0.508 e. The number of fused-ring (bicyclic) bond motifs is 3. The third-order valence-electron chi connectivity index (χ3n) is 2.73. The van der Waals surface area contributed by atoms with Crippen LogP contribution in [0.25, 0.3) is 21.5 Å². The second-order valence-electron chi connectivity index (χ2n) is 3.69. The van der Waals surface area contributed by atoms with Crippen LogP contribution >= 0.6 is 0 Å². The van der Waals surface area contributed by atoms with Crippen molar-refractivity contribution in [3.05, 3.63) is 54.6 Å². The molecule has 0 aliphatic heterocycles. The highest BCUT2D eigenvalue weighted by molar-refractivity contribution is 6.07. The van der Waals surface area contributed by atoms with Gasteiger partial charge in [0.1, 0.15) is 5.75 Å². The van der Waals surface area contributed by atoms with Crippen LogP contribution in [-0.2, 0) is 0 Å². The van der Waals surface area contributed by atoms with Gasteiger partial charge in [-0.05, 0) is 33.7 Å². The number of phenols is 1. The maximum absolute atomic E-state index is 9.40. The lowest BCUT2D eigenvalue weighted by Crippen LogP contribution is -1.76. The molecule has 1 N–H and O–H groups in total. The highest BCUT2D eigenvalue weighted by Gasteiger charge is 1.99. The fraction of sp³-hybridized carbons (Fsp3) is 0. The average molecular weight is 200 g/mol. The summed E-state index contributed by atoms with van der Waals surface area (Å²) in [5.41, 5.74) is 0. The molecule has 0 spiro atoms. The van der Waals surface area contributed by atoms with Crippen LogP contribution < -0.4 is 0 Å². The highest BCUT2D eigenvalue weighted by atomic mass is 16.3. The molecule has 0 saturated heterocycles. The van der Waals surface area contributed by atoms with Crippen molar-refractivity contribution in [3.63, 3.8) is 0 Å². The number of hydrogen-bond donors (Lipinski definition) is 1. The van der Waals surface area contributed by atoms with E-state index >= 15 is 0 Å². The predicted molar refractivity (Wildman–Crippen MR) is 63.1 cm³/mol. The first-order valence-corrected chi connectivity index (χ1v) is 4.95. The minimum atomic E-state index is 0.317. The molecule has 1 heteroatoms. The first kappa shape index (κ1) is 8.30. The van der Waals surface area contributed by atoms with Gasteiger partial charge in [-0.3, -0.25) is 0 Å². The summed E-state index contributed by atoms with van der Waals surface area (Å²) in [6.07, 6.45) is 0. The van der Waals surface area contributed by atoms with Gasteiger partial charge in [0.2, 0.25) is 0 Å². The molecule has 15 heavy (non-hydrogen) atoms. The lowest BCUT2D eigenvalue weighted by molar-refractivity contribution is 0.476. The Balaban J connectivity index is 2.55. The molecule has 0 aliphatic carbocycles. The van der Waals surface area contributed by atoms with Gasteiger partial charge in [0.15, 0.2) is 0 Å². The number of benzene rings is 3. The highest BCUT2D eigenvalue weighted by Crippen LogP contribution is 2.27. The Morgan fingerprint density at radius 2 is 1.40 bits per heavy atom. The number of hydrogen-bond acceptors (Lipinski definition) is 1. The van der Waals surface area contributed by atoms with Crippen molar-refractivity contribution in [2.75, 3.05) is 0 Å². The third kappa shape index (κ3) is 1.24. The fourth-order valence-corrected chi connectivity index (χ4v) is 2.00. The lowest BCUT2D eigenvalue weighted by atomic mass is 10.2. The Labute approximate surface area is 87.6 Å². The summed E-state index contributed by atoms with van der Waals surface area (Å²) in [6, 6.07) is 17.9. The molecule has 0 saturated carbocycles. The Morgan fingerprint density at radius 3 is 2.33 bits per heavy atom. The summed E-state index contributed by atoms with van der Waals surface area (Å²) in [6.45, 7) is 0. The van der Waals surface area contributed by atoms with E-state index in [9.17, 15) is 5.11 Å². The Bertz CT molecular complexity index is 641. The van der Waals surface area contributed by atoms with Crippen molar-refractivity contribution in [2.45, 2.75) is 0 Å².